The molecule has 0 radical (unpaired) electrons. The highest BCUT2D eigenvalue weighted by molar-refractivity contribution is 6.02. The molecule has 1 aliphatic rings. The summed E-state index contributed by atoms with van der Waals surface area (Å²) in [6.07, 6.45) is 1.95. The van der Waals surface area contributed by atoms with Gasteiger partial charge in [-0.25, -0.2) is 4.98 Å². The number of anilines is 2. The van der Waals surface area contributed by atoms with Crippen molar-refractivity contribution >= 4 is 23.2 Å². The second-order valence-corrected chi connectivity index (χ2v) is 8.01. The van der Waals surface area contributed by atoms with Gasteiger partial charge in [0.1, 0.15) is 11.5 Å². The van der Waals surface area contributed by atoms with Crippen LogP contribution in [0.3, 0.4) is 0 Å². The van der Waals surface area contributed by atoms with Crippen LogP contribution in [0.1, 0.15) is 32.9 Å². The number of carbonyl (C=O) groups excluding carboxylic acids is 1. The molecule has 5 rings (SSSR count). The minimum atomic E-state index is -0.235. The zero-order chi connectivity index (χ0) is 21.4. The normalized spacial score (nSPS) is 13.4. The van der Waals surface area contributed by atoms with Crippen LogP contribution < -0.4 is 10.6 Å². The third-order valence-electron chi connectivity index (χ3n) is 5.47. The molecule has 0 fully saturated rings. The van der Waals surface area contributed by atoms with Gasteiger partial charge >= 0.3 is 0 Å². The number of amides is 1. The van der Waals surface area contributed by atoms with E-state index in [0.29, 0.717) is 18.2 Å². The zero-order valence-electron chi connectivity index (χ0n) is 17.6. The van der Waals surface area contributed by atoms with E-state index in [1.807, 2.05) is 53.9 Å². The van der Waals surface area contributed by atoms with Crippen LogP contribution in [0.25, 0.3) is 5.52 Å². The van der Waals surface area contributed by atoms with Crippen molar-refractivity contribution in [3.63, 3.8) is 0 Å². The number of nitrogens with one attached hydrogen (secondary N) is 2. The molecule has 7 nitrogen and oxygen atoms in total. The molecule has 0 saturated carbocycles. The molecule has 7 heteroatoms. The van der Waals surface area contributed by atoms with Gasteiger partial charge in [0, 0.05) is 36.9 Å². The maximum Gasteiger partial charge on any atom is 0.274 e. The molecule has 156 valence electrons. The number of aromatic nitrogens is 3. The van der Waals surface area contributed by atoms with Gasteiger partial charge in [0.05, 0.1) is 5.69 Å². The summed E-state index contributed by atoms with van der Waals surface area (Å²) < 4.78 is 1.89. The number of nitrogens with zero attached hydrogens (tertiary/aromatic N) is 4. The maximum absolute atomic E-state index is 13.0. The van der Waals surface area contributed by atoms with E-state index < -0.39 is 0 Å². The summed E-state index contributed by atoms with van der Waals surface area (Å²) in [7, 11) is 2.05. The van der Waals surface area contributed by atoms with E-state index in [2.05, 4.69) is 44.7 Å². The second kappa shape index (κ2) is 7.85. The first-order valence-corrected chi connectivity index (χ1v) is 10.3. The number of carbonyl (C=O) groups is 1. The fourth-order valence-electron chi connectivity index (χ4n) is 4.02. The molecule has 0 atom stereocenters. The van der Waals surface area contributed by atoms with Gasteiger partial charge in [-0.1, -0.05) is 36.4 Å². The number of benzene rings is 1. The molecule has 3 aromatic heterocycles. The Morgan fingerprint density at radius 2 is 1.90 bits per heavy atom. The summed E-state index contributed by atoms with van der Waals surface area (Å²) in [6.45, 7) is 4.18. The smallest absolute Gasteiger partial charge is 0.274 e. The Morgan fingerprint density at radius 1 is 1.06 bits per heavy atom. The standard InChI is InChI=1S/C24H24N6O/c1-16-11-18-9-6-10-21(30(18)13-16)23(31)28-24-26-20-15-29(2)14-19(20)22(27-24)25-12-17-7-4-3-5-8-17/h3-11,13H,12,14-15H2,1-2H3,(H2,25,26,27,28,31). The molecule has 0 spiro atoms. The molecule has 1 aliphatic heterocycles. The highest BCUT2D eigenvalue weighted by Crippen LogP contribution is 2.27. The van der Waals surface area contributed by atoms with Crippen LogP contribution >= 0.6 is 0 Å². The first-order chi connectivity index (χ1) is 15.1. The van der Waals surface area contributed by atoms with Gasteiger partial charge in [0.15, 0.2) is 0 Å². The number of hydrogen-bond donors (Lipinski definition) is 2. The first-order valence-electron chi connectivity index (χ1n) is 10.3. The molecule has 2 N–H and O–H groups in total. The Morgan fingerprint density at radius 3 is 2.74 bits per heavy atom. The summed E-state index contributed by atoms with van der Waals surface area (Å²) in [5.41, 5.74) is 5.82. The van der Waals surface area contributed by atoms with Crippen LogP contribution in [0.5, 0.6) is 0 Å². The molecule has 1 amide bonds. The van der Waals surface area contributed by atoms with Crippen molar-refractivity contribution in [3.05, 3.63) is 88.9 Å². The lowest BCUT2D eigenvalue weighted by Gasteiger charge is -2.13. The van der Waals surface area contributed by atoms with Gasteiger partial charge in [-0.3, -0.25) is 15.0 Å². The zero-order valence-corrected chi connectivity index (χ0v) is 17.6. The monoisotopic (exact) mass is 412 g/mol. The molecule has 1 aromatic carbocycles. The third kappa shape index (κ3) is 3.87. The molecular weight excluding hydrogens is 388 g/mol. The van der Waals surface area contributed by atoms with E-state index in [1.165, 1.54) is 5.56 Å². The van der Waals surface area contributed by atoms with Crippen molar-refractivity contribution in [2.75, 3.05) is 17.7 Å². The van der Waals surface area contributed by atoms with E-state index in [9.17, 15) is 4.79 Å². The highest BCUT2D eigenvalue weighted by atomic mass is 16.2. The predicted octanol–water partition coefficient (Wildman–Crippen LogP) is 3.85. The lowest BCUT2D eigenvalue weighted by atomic mass is 10.2. The summed E-state index contributed by atoms with van der Waals surface area (Å²) in [5, 5.41) is 6.34. The van der Waals surface area contributed by atoms with Gasteiger partial charge < -0.3 is 9.72 Å². The summed E-state index contributed by atoms with van der Waals surface area (Å²) >= 11 is 0. The Balaban J connectivity index is 1.43. The summed E-state index contributed by atoms with van der Waals surface area (Å²) in [4.78, 5) is 24.5. The van der Waals surface area contributed by atoms with Crippen LogP contribution in [0.4, 0.5) is 11.8 Å². The molecular formula is C24H24N6O. The van der Waals surface area contributed by atoms with Crippen LogP contribution in [0.15, 0.2) is 60.8 Å². The first kappa shape index (κ1) is 19.3. The predicted molar refractivity (Wildman–Crippen MR) is 121 cm³/mol. The molecule has 4 aromatic rings. The van der Waals surface area contributed by atoms with Crippen molar-refractivity contribution in [1.29, 1.82) is 0 Å². The van der Waals surface area contributed by atoms with E-state index in [-0.39, 0.29) is 5.91 Å². The van der Waals surface area contributed by atoms with Crippen molar-refractivity contribution in [2.24, 2.45) is 0 Å². The van der Waals surface area contributed by atoms with Crippen molar-refractivity contribution in [1.82, 2.24) is 19.3 Å². The van der Waals surface area contributed by atoms with Crippen LogP contribution in [0.2, 0.25) is 0 Å². The van der Waals surface area contributed by atoms with Crippen LogP contribution in [0, 0.1) is 6.92 Å². The van der Waals surface area contributed by atoms with Crippen LogP contribution in [-0.4, -0.2) is 32.2 Å². The topological polar surface area (TPSA) is 74.6 Å². The van der Waals surface area contributed by atoms with Crippen molar-refractivity contribution in [3.8, 4) is 0 Å². The fourth-order valence-corrected chi connectivity index (χ4v) is 4.02. The highest BCUT2D eigenvalue weighted by Gasteiger charge is 2.24. The lowest BCUT2D eigenvalue weighted by molar-refractivity contribution is 0.102. The maximum atomic E-state index is 13.0. The SMILES string of the molecule is Cc1cc2cccc(C(=O)Nc3nc4c(c(NCc5ccccc5)n3)CN(C)C4)n2c1. The van der Waals surface area contributed by atoms with Crippen LogP contribution in [-0.2, 0) is 19.6 Å². The quantitative estimate of drug-likeness (QED) is 0.521. The average molecular weight is 412 g/mol. The minimum absolute atomic E-state index is 0.235. The Kier molecular flexibility index (Phi) is 4.88. The summed E-state index contributed by atoms with van der Waals surface area (Å²) in [6, 6.07) is 17.9. The molecule has 0 bridgehead atoms. The van der Waals surface area contributed by atoms with Gasteiger partial charge in [-0.2, -0.15) is 4.98 Å². The van der Waals surface area contributed by atoms with Gasteiger partial charge in [0.2, 0.25) is 5.95 Å². The molecule has 0 unspecified atom stereocenters. The van der Waals surface area contributed by atoms with Gasteiger partial charge in [0.25, 0.3) is 5.91 Å². The number of aryl methyl sites for hydroxylation is 1. The molecule has 4 heterocycles. The van der Waals surface area contributed by atoms with E-state index in [4.69, 9.17) is 0 Å². The number of hydrogen-bond acceptors (Lipinski definition) is 5. The van der Waals surface area contributed by atoms with Crippen molar-refractivity contribution < 1.29 is 4.79 Å². The fraction of sp³-hybridized carbons (Fsp3) is 0.208. The molecule has 0 saturated heterocycles. The Bertz CT molecular complexity index is 1260. The van der Waals surface area contributed by atoms with Gasteiger partial charge in [-0.15, -0.1) is 0 Å². The number of rotatable bonds is 5. The average Bonchev–Trinajstić information content (AvgIpc) is 3.33. The lowest BCUT2D eigenvalue weighted by Crippen LogP contribution is -2.18. The summed E-state index contributed by atoms with van der Waals surface area (Å²) in [5.74, 6) is 0.848. The molecule has 0 aliphatic carbocycles. The van der Waals surface area contributed by atoms with E-state index >= 15 is 0 Å². The largest absolute Gasteiger partial charge is 0.366 e. The van der Waals surface area contributed by atoms with Gasteiger partial charge in [-0.05, 0) is 43.3 Å². The number of pyridine rings is 1. The van der Waals surface area contributed by atoms with Crippen molar-refractivity contribution in [2.45, 2.75) is 26.6 Å². The Labute approximate surface area is 180 Å². The minimum Gasteiger partial charge on any atom is -0.366 e. The Hall–Kier alpha value is -3.71. The van der Waals surface area contributed by atoms with E-state index in [1.54, 1.807) is 6.07 Å². The second-order valence-electron chi connectivity index (χ2n) is 8.01. The molecule has 31 heavy (non-hydrogen) atoms. The van der Waals surface area contributed by atoms with E-state index in [0.717, 1.165) is 41.2 Å². The number of fused-ring (bicyclic) bond motifs is 2. The third-order valence-corrected chi connectivity index (χ3v) is 5.47.